The molecule has 0 atom stereocenters. The number of fused-ring (bicyclic) bond motifs is 1. The van der Waals surface area contributed by atoms with Crippen LogP contribution in [0.25, 0.3) is 0 Å². The molecule has 0 aliphatic carbocycles. The van der Waals surface area contributed by atoms with Crippen LogP contribution in [0.1, 0.15) is 33.3 Å². The van der Waals surface area contributed by atoms with Crippen molar-refractivity contribution in [1.82, 2.24) is 4.90 Å². The highest BCUT2D eigenvalue weighted by molar-refractivity contribution is 7.16. The van der Waals surface area contributed by atoms with Gasteiger partial charge in [0.2, 0.25) is 5.91 Å². The minimum Gasteiger partial charge on any atom is -0.495 e. The highest BCUT2D eigenvalue weighted by Gasteiger charge is 2.26. The Morgan fingerprint density at radius 3 is 2.77 bits per heavy atom. The zero-order valence-electron chi connectivity index (χ0n) is 16.5. The van der Waals surface area contributed by atoms with Gasteiger partial charge in [0.25, 0.3) is 5.91 Å². The van der Waals surface area contributed by atoms with Crippen molar-refractivity contribution < 1.29 is 23.9 Å². The fraction of sp³-hybridized carbons (Fsp3) is 0.300. The molecule has 1 aromatic carbocycles. The molecule has 1 aliphatic heterocycles. The number of nitrogens with two attached hydrogens (primary N) is 1. The number of nitrogens with zero attached hydrogens (tertiary/aromatic N) is 2. The zero-order chi connectivity index (χ0) is 21.8. The van der Waals surface area contributed by atoms with Crippen LogP contribution in [-0.4, -0.2) is 42.9 Å². The van der Waals surface area contributed by atoms with E-state index in [-0.39, 0.29) is 17.2 Å². The summed E-state index contributed by atoms with van der Waals surface area (Å²) in [6.07, 6.45) is 0.554. The first-order valence-corrected chi connectivity index (χ1v) is 9.86. The second kappa shape index (κ2) is 8.84. The summed E-state index contributed by atoms with van der Waals surface area (Å²) in [5.41, 5.74) is 7.47. The molecular formula is C20H20N4O5S. The van der Waals surface area contributed by atoms with Gasteiger partial charge in [0.15, 0.2) is 6.61 Å². The Labute approximate surface area is 177 Å². The molecular weight excluding hydrogens is 408 g/mol. The number of rotatable bonds is 5. The van der Waals surface area contributed by atoms with Crippen molar-refractivity contribution in [1.29, 1.82) is 5.26 Å². The van der Waals surface area contributed by atoms with Crippen molar-refractivity contribution in [3.05, 3.63) is 39.8 Å². The predicted octanol–water partition coefficient (Wildman–Crippen LogP) is 1.91. The van der Waals surface area contributed by atoms with Crippen LogP contribution in [0, 0.1) is 11.3 Å². The van der Waals surface area contributed by atoms with E-state index in [9.17, 15) is 19.6 Å². The van der Waals surface area contributed by atoms with E-state index in [4.69, 9.17) is 15.2 Å². The average Bonchev–Trinajstić information content (AvgIpc) is 3.07. The minimum absolute atomic E-state index is 0.0378. The van der Waals surface area contributed by atoms with Gasteiger partial charge in [0.1, 0.15) is 16.8 Å². The summed E-state index contributed by atoms with van der Waals surface area (Å²) >= 11 is 1.25. The van der Waals surface area contributed by atoms with Crippen LogP contribution < -0.4 is 15.8 Å². The van der Waals surface area contributed by atoms with Crippen molar-refractivity contribution in [2.24, 2.45) is 0 Å². The summed E-state index contributed by atoms with van der Waals surface area (Å²) < 4.78 is 10.1. The maximum Gasteiger partial charge on any atom is 0.338 e. The largest absolute Gasteiger partial charge is 0.495 e. The first-order valence-electron chi connectivity index (χ1n) is 9.04. The lowest BCUT2D eigenvalue weighted by molar-refractivity contribution is -0.129. The molecule has 0 saturated heterocycles. The summed E-state index contributed by atoms with van der Waals surface area (Å²) in [7, 11) is 1.46. The van der Waals surface area contributed by atoms with Gasteiger partial charge in [0, 0.05) is 18.3 Å². The third-order valence-corrected chi connectivity index (χ3v) is 5.80. The lowest BCUT2D eigenvalue weighted by atomic mass is 10.0. The zero-order valence-corrected chi connectivity index (χ0v) is 17.3. The molecule has 2 amide bonds. The van der Waals surface area contributed by atoms with Crippen molar-refractivity contribution in [3.8, 4) is 11.8 Å². The van der Waals surface area contributed by atoms with E-state index < -0.39 is 18.5 Å². The number of ether oxygens (including phenoxy) is 2. The van der Waals surface area contributed by atoms with Gasteiger partial charge in [-0.1, -0.05) is 0 Å². The van der Waals surface area contributed by atoms with Crippen molar-refractivity contribution in [2.45, 2.75) is 19.9 Å². The van der Waals surface area contributed by atoms with Gasteiger partial charge in [-0.2, -0.15) is 5.26 Å². The van der Waals surface area contributed by atoms with Gasteiger partial charge in [-0.05, 0) is 30.2 Å². The standard InChI is InChI=1S/C20H20N4O5S/c1-11(25)24-6-5-13-14(8-21)19(30-17(13)9-24)23-18(26)10-29-20(27)12-3-4-16(28-2)15(22)7-12/h3-4,7H,5-6,9-10,22H2,1-2H3,(H,23,26). The number of carbonyl (C=O) groups is 3. The van der Waals surface area contributed by atoms with E-state index >= 15 is 0 Å². The topological polar surface area (TPSA) is 135 Å². The predicted molar refractivity (Wildman–Crippen MR) is 110 cm³/mol. The molecule has 0 fully saturated rings. The number of thiophene rings is 1. The van der Waals surface area contributed by atoms with Crippen LogP contribution in [0.15, 0.2) is 18.2 Å². The Balaban J connectivity index is 1.64. The Kier molecular flexibility index (Phi) is 6.23. The molecule has 0 saturated carbocycles. The lowest BCUT2D eigenvalue weighted by Crippen LogP contribution is -2.33. The van der Waals surface area contributed by atoms with Crippen molar-refractivity contribution >= 4 is 39.8 Å². The normalized spacial score (nSPS) is 12.5. The highest BCUT2D eigenvalue weighted by atomic mass is 32.1. The number of amides is 2. The van der Waals surface area contributed by atoms with E-state index in [0.29, 0.717) is 35.8 Å². The van der Waals surface area contributed by atoms with Crippen LogP contribution in [0.5, 0.6) is 5.75 Å². The second-order valence-electron chi connectivity index (χ2n) is 6.59. The van der Waals surface area contributed by atoms with E-state index in [1.54, 1.807) is 4.90 Å². The number of methoxy groups -OCH3 is 1. The molecule has 10 heteroatoms. The Hall–Kier alpha value is -3.58. The van der Waals surface area contributed by atoms with Crippen LogP contribution in [0.3, 0.4) is 0 Å². The van der Waals surface area contributed by atoms with Crippen molar-refractivity contribution in [3.63, 3.8) is 0 Å². The molecule has 0 spiro atoms. The SMILES string of the molecule is COc1ccc(C(=O)OCC(=O)Nc2sc3c(c2C#N)CCN(C(C)=O)C3)cc1N. The number of hydrogen-bond donors (Lipinski definition) is 2. The highest BCUT2D eigenvalue weighted by Crippen LogP contribution is 2.36. The fourth-order valence-electron chi connectivity index (χ4n) is 3.12. The van der Waals surface area contributed by atoms with Crippen molar-refractivity contribution in [2.75, 3.05) is 31.3 Å². The van der Waals surface area contributed by atoms with E-state index in [1.807, 2.05) is 0 Å². The first kappa shape index (κ1) is 21.1. The first-order chi connectivity index (χ1) is 14.3. The van der Waals surface area contributed by atoms with Gasteiger partial charge >= 0.3 is 5.97 Å². The second-order valence-corrected chi connectivity index (χ2v) is 7.70. The Morgan fingerprint density at radius 2 is 2.13 bits per heavy atom. The molecule has 1 aromatic heterocycles. The van der Waals surface area contributed by atoms with Gasteiger partial charge in [0.05, 0.1) is 30.5 Å². The quantitative estimate of drug-likeness (QED) is 0.548. The summed E-state index contributed by atoms with van der Waals surface area (Å²) in [6, 6.07) is 6.54. The molecule has 0 unspecified atom stereocenters. The summed E-state index contributed by atoms with van der Waals surface area (Å²) in [5, 5.41) is 12.5. The Bertz CT molecular complexity index is 1060. The molecule has 2 heterocycles. The average molecular weight is 428 g/mol. The number of nitrogens with one attached hydrogen (secondary N) is 1. The smallest absolute Gasteiger partial charge is 0.338 e. The van der Waals surface area contributed by atoms with Crippen LogP contribution in [0.4, 0.5) is 10.7 Å². The molecule has 2 aromatic rings. The molecule has 30 heavy (non-hydrogen) atoms. The number of carbonyl (C=O) groups excluding carboxylic acids is 3. The Morgan fingerprint density at radius 1 is 1.37 bits per heavy atom. The molecule has 156 valence electrons. The summed E-state index contributed by atoms with van der Waals surface area (Å²) in [5.74, 6) is -0.881. The number of nitrogen functional groups attached to an aromatic ring is 1. The molecule has 0 bridgehead atoms. The van der Waals surface area contributed by atoms with E-state index in [0.717, 1.165) is 10.4 Å². The van der Waals surface area contributed by atoms with Crippen LogP contribution in [-0.2, 0) is 27.3 Å². The number of esters is 1. The van der Waals surface area contributed by atoms with E-state index in [1.165, 1.54) is 43.6 Å². The lowest BCUT2D eigenvalue weighted by Gasteiger charge is -2.25. The molecule has 3 rings (SSSR count). The molecule has 1 aliphatic rings. The summed E-state index contributed by atoms with van der Waals surface area (Å²) in [4.78, 5) is 38.6. The number of nitriles is 1. The van der Waals surface area contributed by atoms with Gasteiger partial charge in [-0.3, -0.25) is 9.59 Å². The molecule has 0 radical (unpaired) electrons. The summed E-state index contributed by atoms with van der Waals surface area (Å²) in [6.45, 7) is 1.92. The maximum atomic E-state index is 12.3. The van der Waals surface area contributed by atoms with Crippen LogP contribution >= 0.6 is 11.3 Å². The van der Waals surface area contributed by atoms with Gasteiger partial charge < -0.3 is 25.4 Å². The minimum atomic E-state index is -0.706. The van der Waals surface area contributed by atoms with E-state index in [2.05, 4.69) is 11.4 Å². The van der Waals surface area contributed by atoms with Gasteiger partial charge in [-0.25, -0.2) is 4.79 Å². The third-order valence-electron chi connectivity index (χ3n) is 4.67. The monoisotopic (exact) mass is 428 g/mol. The molecule has 3 N–H and O–H groups in total. The van der Waals surface area contributed by atoms with Crippen LogP contribution in [0.2, 0.25) is 0 Å². The van der Waals surface area contributed by atoms with Gasteiger partial charge in [-0.15, -0.1) is 11.3 Å². The number of anilines is 2. The maximum absolute atomic E-state index is 12.3. The number of hydrogen-bond acceptors (Lipinski definition) is 8. The molecule has 9 nitrogen and oxygen atoms in total. The third kappa shape index (κ3) is 4.36. The fourth-order valence-corrected chi connectivity index (χ4v) is 4.35. The number of benzene rings is 1.